The third-order valence-electron chi connectivity index (χ3n) is 13.0. The number of para-hydroxylation sites is 2. The van der Waals surface area contributed by atoms with Crippen LogP contribution in [0.1, 0.15) is 63.8 Å². The number of fused-ring (bicyclic) bond motifs is 2. The maximum atomic E-state index is 13.8. The normalized spacial score (nSPS) is 20.0. The molecule has 9 rings (SSSR count). The molecule has 14 nitrogen and oxygen atoms in total. The Bertz CT molecular complexity index is 3160. The van der Waals surface area contributed by atoms with Crippen molar-refractivity contribution in [2.24, 2.45) is 20.5 Å². The number of amides is 2. The molecule has 4 heterocycles. The summed E-state index contributed by atoms with van der Waals surface area (Å²) in [6.45, 7) is 13.3. The third-order valence-corrected chi connectivity index (χ3v) is 14.8. The highest BCUT2D eigenvalue weighted by Gasteiger charge is 2.42. The van der Waals surface area contributed by atoms with Crippen LogP contribution in [0.15, 0.2) is 188 Å². The van der Waals surface area contributed by atoms with E-state index in [0.717, 1.165) is 45.0 Å². The second-order valence-corrected chi connectivity index (χ2v) is 21.3. The predicted molar refractivity (Wildman–Crippen MR) is 267 cm³/mol. The van der Waals surface area contributed by atoms with Gasteiger partial charge in [-0.05, 0) is 109 Å². The molecule has 0 radical (unpaired) electrons. The lowest BCUT2D eigenvalue weighted by atomic mass is 9.83. The molecule has 0 saturated heterocycles. The summed E-state index contributed by atoms with van der Waals surface area (Å²) in [5, 5.41) is 22.1. The molecular formula is C52H50N8O6S2. The number of sulfonamides is 2. The van der Waals surface area contributed by atoms with Crippen molar-refractivity contribution in [3.05, 3.63) is 190 Å². The third kappa shape index (κ3) is 8.19. The van der Waals surface area contributed by atoms with Gasteiger partial charge in [0.05, 0.1) is 43.7 Å². The summed E-state index contributed by atoms with van der Waals surface area (Å²) in [5.74, 6) is -0.762. The fourth-order valence-corrected chi connectivity index (χ4v) is 10.5. The number of carbonyl (C=O) groups excluding carboxylic acids is 2. The SMILES string of the molecule is CC1=NN(c2cccc(S(N)(=O)=O)c2)C(=O)/C1=C\C=C1\N(Cc2ccc(CN3/C(=C/C=C4\C(=O)N(c5cccc(S(N)(=O)=O)c5)N=C4C)C(C)(C)c4ccccc43)cc2)c2ccccc2C1(C)C. The average molecular weight is 947 g/mol. The fraction of sp³-hybridized carbons (Fsp3) is 0.192. The van der Waals surface area contributed by atoms with Gasteiger partial charge >= 0.3 is 0 Å². The Morgan fingerprint density at radius 1 is 0.515 bits per heavy atom. The zero-order valence-corrected chi connectivity index (χ0v) is 40.0. The number of primary sulfonamides is 2. The average Bonchev–Trinajstić information content (AvgIpc) is 3.90. The van der Waals surface area contributed by atoms with Gasteiger partial charge in [-0.2, -0.15) is 20.2 Å². The molecule has 0 unspecified atom stereocenters. The van der Waals surface area contributed by atoms with Crippen LogP contribution in [0.4, 0.5) is 22.7 Å². The van der Waals surface area contributed by atoms with Crippen LogP contribution in [-0.2, 0) is 53.6 Å². The quantitative estimate of drug-likeness (QED) is 0.131. The van der Waals surface area contributed by atoms with E-state index in [1.807, 2.05) is 36.4 Å². The fourth-order valence-electron chi connectivity index (χ4n) is 9.42. The summed E-state index contributed by atoms with van der Waals surface area (Å²) in [5.41, 5.74) is 10.1. The molecule has 0 aromatic heterocycles. The number of anilines is 4. The van der Waals surface area contributed by atoms with E-state index < -0.39 is 30.9 Å². The highest BCUT2D eigenvalue weighted by molar-refractivity contribution is 7.89. The largest absolute Gasteiger partial charge is 0.340 e. The molecule has 0 aliphatic carbocycles. The lowest BCUT2D eigenvalue weighted by Crippen LogP contribution is -2.26. The van der Waals surface area contributed by atoms with Gasteiger partial charge in [0.25, 0.3) is 11.8 Å². The van der Waals surface area contributed by atoms with Crippen molar-refractivity contribution >= 4 is 66.0 Å². The van der Waals surface area contributed by atoms with Gasteiger partial charge in [-0.1, -0.05) is 100 Å². The summed E-state index contributed by atoms with van der Waals surface area (Å²) < 4.78 is 48.2. The first-order chi connectivity index (χ1) is 32.1. The number of rotatable bonds is 10. The Morgan fingerprint density at radius 2 is 0.882 bits per heavy atom. The van der Waals surface area contributed by atoms with E-state index in [2.05, 4.69) is 96.2 Å². The van der Waals surface area contributed by atoms with Gasteiger partial charge in [0.2, 0.25) is 20.0 Å². The number of nitrogens with zero attached hydrogens (tertiary/aromatic N) is 6. The molecule has 5 aromatic carbocycles. The summed E-state index contributed by atoms with van der Waals surface area (Å²) in [6, 6.07) is 36.8. The van der Waals surface area contributed by atoms with Gasteiger partial charge in [0.1, 0.15) is 0 Å². The van der Waals surface area contributed by atoms with Gasteiger partial charge in [-0.15, -0.1) is 0 Å². The van der Waals surface area contributed by atoms with Crippen molar-refractivity contribution in [3.8, 4) is 0 Å². The number of hydrogen-bond donors (Lipinski definition) is 2. The number of benzene rings is 5. The molecular weight excluding hydrogens is 897 g/mol. The van der Waals surface area contributed by atoms with Gasteiger partial charge < -0.3 is 9.80 Å². The summed E-state index contributed by atoms with van der Waals surface area (Å²) in [7, 11) is -7.98. The number of carbonyl (C=O) groups is 2. The summed E-state index contributed by atoms with van der Waals surface area (Å²) >= 11 is 0. The Balaban J connectivity index is 0.983. The van der Waals surface area contributed by atoms with Crippen molar-refractivity contribution in [3.63, 3.8) is 0 Å². The lowest BCUT2D eigenvalue weighted by molar-refractivity contribution is -0.115. The van der Waals surface area contributed by atoms with Gasteiger partial charge in [0.15, 0.2) is 0 Å². The van der Waals surface area contributed by atoms with Crippen molar-refractivity contribution in [2.75, 3.05) is 19.8 Å². The van der Waals surface area contributed by atoms with E-state index in [4.69, 9.17) is 10.3 Å². The summed E-state index contributed by atoms with van der Waals surface area (Å²) in [4.78, 5) is 31.9. The van der Waals surface area contributed by atoms with Crippen LogP contribution in [0.5, 0.6) is 0 Å². The van der Waals surface area contributed by atoms with Crippen LogP contribution in [0.3, 0.4) is 0 Å². The minimum absolute atomic E-state index is 0.113. The number of hydrogen-bond acceptors (Lipinski definition) is 10. The molecule has 0 bridgehead atoms. The van der Waals surface area contributed by atoms with Crippen LogP contribution < -0.4 is 30.1 Å². The van der Waals surface area contributed by atoms with Crippen LogP contribution in [0, 0.1) is 0 Å². The van der Waals surface area contributed by atoms with Crippen LogP contribution in [-0.4, -0.2) is 40.1 Å². The van der Waals surface area contributed by atoms with Crippen molar-refractivity contribution in [1.29, 1.82) is 0 Å². The number of hydrazone groups is 2. The molecule has 346 valence electrons. The minimum Gasteiger partial charge on any atom is -0.340 e. The van der Waals surface area contributed by atoms with Gasteiger partial charge in [0, 0.05) is 46.7 Å². The first-order valence-electron chi connectivity index (χ1n) is 21.9. The van der Waals surface area contributed by atoms with Gasteiger partial charge in [-0.25, -0.2) is 27.1 Å². The zero-order chi connectivity index (χ0) is 48.5. The Morgan fingerprint density at radius 3 is 1.25 bits per heavy atom. The van der Waals surface area contributed by atoms with Crippen molar-refractivity contribution in [1.82, 2.24) is 0 Å². The Kier molecular flexibility index (Phi) is 11.4. The number of nitrogens with two attached hydrogens (primary N) is 2. The molecule has 4 N–H and O–H groups in total. The second-order valence-electron chi connectivity index (χ2n) is 18.2. The molecule has 0 saturated carbocycles. The molecule has 16 heteroatoms. The number of allylic oxidation sites excluding steroid dienone is 6. The second kappa shape index (κ2) is 16.8. The lowest BCUT2D eigenvalue weighted by Gasteiger charge is -2.28. The van der Waals surface area contributed by atoms with Crippen molar-refractivity contribution < 1.29 is 26.4 Å². The molecule has 0 fully saturated rings. The van der Waals surface area contributed by atoms with Crippen LogP contribution >= 0.6 is 0 Å². The Labute approximate surface area is 396 Å². The maximum absolute atomic E-state index is 13.8. The van der Waals surface area contributed by atoms with Gasteiger partial charge in [-0.3, -0.25) is 9.59 Å². The summed E-state index contributed by atoms with van der Waals surface area (Å²) in [6.07, 6.45) is 7.55. The predicted octanol–water partition coefficient (Wildman–Crippen LogP) is 8.04. The molecule has 0 atom stereocenters. The van der Waals surface area contributed by atoms with E-state index in [0.29, 0.717) is 47.0 Å². The highest BCUT2D eigenvalue weighted by Crippen LogP contribution is 2.50. The minimum atomic E-state index is -3.99. The topological polar surface area (TPSA) is 192 Å². The van der Waals surface area contributed by atoms with Crippen molar-refractivity contribution in [2.45, 2.75) is 75.3 Å². The molecule has 5 aromatic rings. The van der Waals surface area contributed by atoms with E-state index in [-0.39, 0.29) is 21.6 Å². The first-order valence-corrected chi connectivity index (χ1v) is 25.0. The van der Waals surface area contributed by atoms with E-state index in [9.17, 15) is 26.4 Å². The van der Waals surface area contributed by atoms with E-state index in [1.165, 1.54) is 46.4 Å². The Hall–Kier alpha value is -7.24. The monoisotopic (exact) mass is 946 g/mol. The standard InChI is InChI=1S/C52H50N8O6S2/c1-33-41(49(61)59(55-33)37-13-11-15-39(29-37)67(53,63)64)25-27-47-51(3,4)43-17-7-9-19-45(43)57(47)31-35-21-23-36(24-22-35)32-58-46-20-10-8-18-44(46)52(5,6)48(58)28-26-42-34(2)56-60(50(42)62)38-14-12-16-40(30-38)68(54,65)66/h7-30H,31-32H2,1-6H3,(H2,53,63,64)(H2,54,65,66)/b41-25-,42-26-,47-27+,48-28+. The van der Waals surface area contributed by atoms with E-state index >= 15 is 0 Å². The highest BCUT2D eigenvalue weighted by atomic mass is 32.2. The maximum Gasteiger partial charge on any atom is 0.280 e. The zero-order valence-electron chi connectivity index (χ0n) is 38.4. The smallest absolute Gasteiger partial charge is 0.280 e. The van der Waals surface area contributed by atoms with E-state index in [1.54, 1.807) is 38.1 Å². The molecule has 2 amide bonds. The molecule has 68 heavy (non-hydrogen) atoms. The van der Waals surface area contributed by atoms with Crippen LogP contribution in [0.25, 0.3) is 0 Å². The van der Waals surface area contributed by atoms with Crippen LogP contribution in [0.2, 0.25) is 0 Å². The molecule has 4 aliphatic heterocycles. The molecule has 0 spiro atoms. The molecule has 4 aliphatic rings. The first kappa shape index (κ1) is 45.9.